The van der Waals surface area contributed by atoms with Gasteiger partial charge in [0.1, 0.15) is 0 Å². The average molecular weight is 386 g/mol. The van der Waals surface area contributed by atoms with E-state index >= 15 is 0 Å². The second kappa shape index (κ2) is 6.97. The number of nitrogens with zero attached hydrogens (tertiary/aromatic N) is 2. The first kappa shape index (κ1) is 16.4. The predicted octanol–water partition coefficient (Wildman–Crippen LogP) is 3.50. The van der Waals surface area contributed by atoms with E-state index in [-0.39, 0.29) is 17.8 Å². The number of hydrogen-bond acceptors (Lipinski definition) is 3. The molecule has 24 heavy (non-hydrogen) atoms. The molecule has 0 aliphatic rings. The van der Waals surface area contributed by atoms with Crippen LogP contribution in [0.15, 0.2) is 57.9 Å². The lowest BCUT2D eigenvalue weighted by atomic mass is 10.2. The zero-order valence-corrected chi connectivity index (χ0v) is 14.7. The lowest BCUT2D eigenvalue weighted by molar-refractivity contribution is -0.116. The Morgan fingerprint density at radius 2 is 2.04 bits per heavy atom. The maximum atomic E-state index is 12.2. The molecule has 1 N–H and O–H groups in total. The highest BCUT2D eigenvalue weighted by Gasteiger charge is 2.08. The minimum atomic E-state index is -0.114. The summed E-state index contributed by atoms with van der Waals surface area (Å²) in [7, 11) is 0. The summed E-state index contributed by atoms with van der Waals surface area (Å²) in [5, 5.41) is 7.65. The Bertz CT molecular complexity index is 966. The van der Waals surface area contributed by atoms with Crippen molar-refractivity contribution in [2.75, 3.05) is 5.32 Å². The van der Waals surface area contributed by atoms with Gasteiger partial charge in [-0.3, -0.25) is 14.3 Å². The van der Waals surface area contributed by atoms with Gasteiger partial charge < -0.3 is 5.32 Å². The lowest BCUT2D eigenvalue weighted by Crippen LogP contribution is -2.18. The third kappa shape index (κ3) is 3.54. The molecule has 1 aromatic heterocycles. The van der Waals surface area contributed by atoms with Crippen molar-refractivity contribution in [2.24, 2.45) is 0 Å². The van der Waals surface area contributed by atoms with E-state index in [4.69, 9.17) is 0 Å². The fraction of sp³-hybridized carbons (Fsp3) is 0.167. The zero-order chi connectivity index (χ0) is 17.1. The number of aryl methyl sites for hydroxylation is 2. The van der Waals surface area contributed by atoms with Crippen LogP contribution in [0.1, 0.15) is 12.0 Å². The van der Waals surface area contributed by atoms with Crippen molar-refractivity contribution in [1.29, 1.82) is 0 Å². The van der Waals surface area contributed by atoms with E-state index in [1.54, 1.807) is 10.7 Å². The Kier molecular flexibility index (Phi) is 4.76. The van der Waals surface area contributed by atoms with Crippen molar-refractivity contribution >= 4 is 38.4 Å². The van der Waals surface area contributed by atoms with Crippen LogP contribution in [-0.4, -0.2) is 15.7 Å². The number of carbonyl (C=O) groups is 1. The molecule has 122 valence electrons. The molecular formula is C18H16BrN3O2. The highest BCUT2D eigenvalue weighted by Crippen LogP contribution is 2.20. The molecule has 0 aliphatic heterocycles. The zero-order valence-electron chi connectivity index (χ0n) is 13.1. The van der Waals surface area contributed by atoms with Gasteiger partial charge in [0.2, 0.25) is 11.3 Å². The van der Waals surface area contributed by atoms with Gasteiger partial charge in [0, 0.05) is 22.0 Å². The standard InChI is InChI=1S/C18H16BrN3O2/c1-12-10-13(19)6-7-15(12)21-18(24)8-9-22-16-5-3-2-4-14(16)17(23)11-20-22/h2-7,10-11H,8-9H2,1H3,(H,21,24). The van der Waals surface area contributed by atoms with E-state index in [2.05, 4.69) is 26.3 Å². The van der Waals surface area contributed by atoms with Crippen molar-refractivity contribution in [2.45, 2.75) is 19.9 Å². The number of amides is 1. The van der Waals surface area contributed by atoms with Gasteiger partial charge in [-0.2, -0.15) is 5.10 Å². The fourth-order valence-electron chi connectivity index (χ4n) is 2.53. The van der Waals surface area contributed by atoms with E-state index in [1.807, 2.05) is 43.3 Å². The third-order valence-electron chi connectivity index (χ3n) is 3.78. The molecule has 0 spiro atoms. The second-order valence-electron chi connectivity index (χ2n) is 5.51. The molecule has 2 aromatic carbocycles. The van der Waals surface area contributed by atoms with E-state index in [1.165, 1.54) is 6.20 Å². The van der Waals surface area contributed by atoms with Gasteiger partial charge in [0.15, 0.2) is 0 Å². The summed E-state index contributed by atoms with van der Waals surface area (Å²) in [6.45, 7) is 2.35. The van der Waals surface area contributed by atoms with E-state index in [9.17, 15) is 9.59 Å². The fourth-order valence-corrected chi connectivity index (χ4v) is 3.00. The van der Waals surface area contributed by atoms with E-state index < -0.39 is 0 Å². The summed E-state index contributed by atoms with van der Waals surface area (Å²) >= 11 is 3.40. The Morgan fingerprint density at radius 3 is 2.83 bits per heavy atom. The monoisotopic (exact) mass is 385 g/mol. The number of nitrogens with one attached hydrogen (secondary N) is 1. The van der Waals surface area contributed by atoms with Crippen LogP contribution in [0.5, 0.6) is 0 Å². The quantitative estimate of drug-likeness (QED) is 0.747. The molecule has 0 saturated heterocycles. The number of hydrogen-bond donors (Lipinski definition) is 1. The Morgan fingerprint density at radius 1 is 1.25 bits per heavy atom. The minimum Gasteiger partial charge on any atom is -0.326 e. The number of halogens is 1. The van der Waals surface area contributed by atoms with Crippen LogP contribution in [0, 0.1) is 6.92 Å². The summed E-state index contributed by atoms with van der Waals surface area (Å²) in [6.07, 6.45) is 1.56. The second-order valence-corrected chi connectivity index (χ2v) is 6.42. The largest absolute Gasteiger partial charge is 0.326 e. The number of anilines is 1. The molecule has 5 nitrogen and oxygen atoms in total. The molecule has 3 aromatic rings. The minimum absolute atomic E-state index is 0.0926. The smallest absolute Gasteiger partial charge is 0.226 e. The Hall–Kier alpha value is -2.47. The van der Waals surface area contributed by atoms with E-state index in [0.717, 1.165) is 21.2 Å². The summed E-state index contributed by atoms with van der Waals surface area (Å²) in [6, 6.07) is 13.0. The Balaban J connectivity index is 1.73. The molecule has 3 rings (SSSR count). The molecule has 0 saturated carbocycles. The summed E-state index contributed by atoms with van der Waals surface area (Å²) in [5.41, 5.74) is 2.40. The van der Waals surface area contributed by atoms with Crippen LogP contribution in [0.4, 0.5) is 5.69 Å². The molecule has 0 unspecified atom stereocenters. The van der Waals surface area contributed by atoms with Crippen molar-refractivity contribution in [3.05, 3.63) is 68.9 Å². The van der Waals surface area contributed by atoms with Gasteiger partial charge in [-0.05, 0) is 42.8 Å². The molecule has 1 amide bonds. The average Bonchev–Trinajstić information content (AvgIpc) is 2.57. The van der Waals surface area contributed by atoms with Gasteiger partial charge in [0.05, 0.1) is 18.3 Å². The molecule has 1 heterocycles. The van der Waals surface area contributed by atoms with Crippen molar-refractivity contribution in [1.82, 2.24) is 9.78 Å². The molecule has 0 fully saturated rings. The summed E-state index contributed by atoms with van der Waals surface area (Å²) in [5.74, 6) is -0.0926. The predicted molar refractivity (Wildman–Crippen MR) is 98.1 cm³/mol. The molecule has 6 heteroatoms. The number of aromatic nitrogens is 2. The lowest BCUT2D eigenvalue weighted by Gasteiger charge is -2.11. The first-order valence-electron chi connectivity index (χ1n) is 7.55. The van der Waals surface area contributed by atoms with E-state index in [0.29, 0.717) is 11.9 Å². The van der Waals surface area contributed by atoms with Crippen LogP contribution in [0.2, 0.25) is 0 Å². The van der Waals surface area contributed by atoms with Gasteiger partial charge in [-0.1, -0.05) is 28.1 Å². The first-order chi connectivity index (χ1) is 11.5. The first-order valence-corrected chi connectivity index (χ1v) is 8.35. The number of fused-ring (bicyclic) bond motifs is 1. The third-order valence-corrected chi connectivity index (χ3v) is 4.27. The summed E-state index contributed by atoms with van der Waals surface area (Å²) < 4.78 is 2.66. The van der Waals surface area contributed by atoms with Gasteiger partial charge in [0.25, 0.3) is 0 Å². The maximum Gasteiger partial charge on any atom is 0.226 e. The number of para-hydroxylation sites is 1. The van der Waals surface area contributed by atoms with Crippen molar-refractivity contribution < 1.29 is 4.79 Å². The number of benzene rings is 2. The van der Waals surface area contributed by atoms with Crippen LogP contribution in [-0.2, 0) is 11.3 Å². The van der Waals surface area contributed by atoms with Crippen LogP contribution in [0.25, 0.3) is 10.9 Å². The van der Waals surface area contributed by atoms with Gasteiger partial charge >= 0.3 is 0 Å². The van der Waals surface area contributed by atoms with Crippen LogP contribution in [0.3, 0.4) is 0 Å². The summed E-state index contributed by atoms with van der Waals surface area (Å²) in [4.78, 5) is 24.0. The topological polar surface area (TPSA) is 64.0 Å². The highest BCUT2D eigenvalue weighted by atomic mass is 79.9. The van der Waals surface area contributed by atoms with Crippen LogP contribution < -0.4 is 10.7 Å². The van der Waals surface area contributed by atoms with Crippen molar-refractivity contribution in [3.8, 4) is 0 Å². The molecular weight excluding hydrogens is 370 g/mol. The van der Waals surface area contributed by atoms with Crippen LogP contribution >= 0.6 is 15.9 Å². The molecule has 0 atom stereocenters. The van der Waals surface area contributed by atoms with Crippen molar-refractivity contribution in [3.63, 3.8) is 0 Å². The SMILES string of the molecule is Cc1cc(Br)ccc1NC(=O)CCn1ncc(=O)c2ccccc21. The number of rotatable bonds is 4. The maximum absolute atomic E-state index is 12.2. The van der Waals surface area contributed by atoms with Gasteiger partial charge in [-0.25, -0.2) is 0 Å². The van der Waals surface area contributed by atoms with Gasteiger partial charge in [-0.15, -0.1) is 0 Å². The number of carbonyl (C=O) groups excluding carboxylic acids is 1. The molecule has 0 aliphatic carbocycles. The Labute approximate surface area is 147 Å². The highest BCUT2D eigenvalue weighted by molar-refractivity contribution is 9.10. The molecule has 0 bridgehead atoms. The normalized spacial score (nSPS) is 10.8. The molecule has 0 radical (unpaired) electrons.